The first kappa shape index (κ1) is 29.2. The molecule has 1 amide bonds. The molecular formula is C25H35N5O7S. The quantitative estimate of drug-likeness (QED) is 0.370. The van der Waals surface area contributed by atoms with Gasteiger partial charge in [-0.2, -0.15) is 0 Å². The van der Waals surface area contributed by atoms with Crippen molar-refractivity contribution in [3.63, 3.8) is 0 Å². The van der Waals surface area contributed by atoms with Crippen LogP contribution in [0.25, 0.3) is 0 Å². The maximum Gasteiger partial charge on any atom is 0.307 e. The van der Waals surface area contributed by atoms with Gasteiger partial charge in [0.25, 0.3) is 11.5 Å². The zero-order valence-corrected chi connectivity index (χ0v) is 23.2. The second kappa shape index (κ2) is 11.6. The molecule has 2 aromatic heterocycles. The number of hydrogen-bond acceptors (Lipinski definition) is 8. The molecule has 1 aliphatic rings. The highest BCUT2D eigenvalue weighted by molar-refractivity contribution is 7.92. The average Bonchev–Trinajstić information content (AvgIpc) is 3.18. The number of carbonyl (C=O) groups is 2. The number of amides is 1. The molecule has 0 saturated carbocycles. The summed E-state index contributed by atoms with van der Waals surface area (Å²) in [6, 6.07) is 2.94. The Labute approximate surface area is 222 Å². The smallest absolute Gasteiger partial charge is 0.307 e. The number of rotatable bonds is 9. The maximum absolute atomic E-state index is 13.5. The number of esters is 1. The molecule has 1 fully saturated rings. The minimum atomic E-state index is -3.89. The third kappa shape index (κ3) is 7.16. The number of ether oxygens (including phenoxy) is 2. The molecule has 2 unspecified atom stereocenters. The van der Waals surface area contributed by atoms with Gasteiger partial charge in [-0.1, -0.05) is 0 Å². The lowest BCUT2D eigenvalue weighted by Gasteiger charge is -2.23. The first-order valence-corrected chi connectivity index (χ1v) is 14.0. The molecule has 0 aliphatic carbocycles. The summed E-state index contributed by atoms with van der Waals surface area (Å²) in [5, 5.41) is 0. The minimum Gasteiger partial charge on any atom is -0.460 e. The fraction of sp³-hybridized carbons (Fsp3) is 0.560. The zero-order valence-electron chi connectivity index (χ0n) is 22.4. The lowest BCUT2D eigenvalue weighted by atomic mass is 9.98. The molecule has 0 spiro atoms. The summed E-state index contributed by atoms with van der Waals surface area (Å²) in [6.07, 6.45) is 2.92. The van der Waals surface area contributed by atoms with Gasteiger partial charge in [0.05, 0.1) is 35.6 Å². The normalized spacial score (nSPS) is 17.0. The Morgan fingerprint density at radius 1 is 1.29 bits per heavy atom. The summed E-state index contributed by atoms with van der Waals surface area (Å²) >= 11 is 0. The second-order valence-electron chi connectivity index (χ2n) is 10.3. The van der Waals surface area contributed by atoms with E-state index in [1.54, 1.807) is 40.7 Å². The fourth-order valence-corrected chi connectivity index (χ4v) is 5.65. The van der Waals surface area contributed by atoms with Gasteiger partial charge >= 0.3 is 5.97 Å². The number of anilines is 1. The molecular weight excluding hydrogens is 514 g/mol. The molecule has 1 saturated heterocycles. The lowest BCUT2D eigenvalue weighted by Crippen LogP contribution is -2.36. The Balaban J connectivity index is 2.01. The van der Waals surface area contributed by atoms with Gasteiger partial charge in [-0.3, -0.25) is 19.1 Å². The Hall–Kier alpha value is -3.32. The summed E-state index contributed by atoms with van der Waals surface area (Å²) in [5.41, 5.74) is -0.602. The van der Waals surface area contributed by atoms with E-state index in [4.69, 9.17) is 9.47 Å². The molecule has 3 rings (SSSR count). The Kier molecular flexibility index (Phi) is 8.93. The van der Waals surface area contributed by atoms with Crippen molar-refractivity contribution in [3.8, 4) is 0 Å². The van der Waals surface area contributed by atoms with Gasteiger partial charge in [-0.25, -0.2) is 27.7 Å². The SMILES string of the molecule is C=NC(=O)C(CC(=O)OC(C)(C)C)c1c(C)ncn1-n1c(C)ccc(NS(=O)(=O)CC2CCCCO2)c1=O. The number of aliphatic imine (C=N–C) groups is 1. The summed E-state index contributed by atoms with van der Waals surface area (Å²) < 4.78 is 41.5. The Morgan fingerprint density at radius 2 is 2.00 bits per heavy atom. The second-order valence-corrected chi connectivity index (χ2v) is 12.0. The van der Waals surface area contributed by atoms with E-state index in [0.29, 0.717) is 24.4 Å². The van der Waals surface area contributed by atoms with Crippen molar-refractivity contribution in [2.24, 2.45) is 4.99 Å². The van der Waals surface area contributed by atoms with Crippen molar-refractivity contribution >= 4 is 34.3 Å². The number of nitrogens with zero attached hydrogens (tertiary/aromatic N) is 4. The van der Waals surface area contributed by atoms with E-state index in [2.05, 4.69) is 21.4 Å². The van der Waals surface area contributed by atoms with E-state index in [1.807, 2.05) is 0 Å². The number of sulfonamides is 1. The van der Waals surface area contributed by atoms with E-state index in [0.717, 1.165) is 12.8 Å². The summed E-state index contributed by atoms with van der Waals surface area (Å²) in [7, 11) is -3.89. The van der Waals surface area contributed by atoms with Crippen LogP contribution in [-0.2, 0) is 29.1 Å². The van der Waals surface area contributed by atoms with E-state index in [-0.39, 0.29) is 23.6 Å². The number of hydrogen-bond donors (Lipinski definition) is 1. The highest BCUT2D eigenvalue weighted by atomic mass is 32.2. The predicted molar refractivity (Wildman–Crippen MR) is 142 cm³/mol. The molecule has 38 heavy (non-hydrogen) atoms. The van der Waals surface area contributed by atoms with Gasteiger partial charge in [0, 0.05) is 12.3 Å². The number of imidazole rings is 1. The molecule has 2 aromatic rings. The van der Waals surface area contributed by atoms with Gasteiger partial charge in [-0.15, -0.1) is 0 Å². The van der Waals surface area contributed by atoms with Gasteiger partial charge in [0.2, 0.25) is 10.0 Å². The van der Waals surface area contributed by atoms with Crippen molar-refractivity contribution < 1.29 is 27.5 Å². The Bertz CT molecular complexity index is 1370. The van der Waals surface area contributed by atoms with Crippen LogP contribution < -0.4 is 10.3 Å². The minimum absolute atomic E-state index is 0.180. The van der Waals surface area contributed by atoms with Crippen molar-refractivity contribution in [2.45, 2.75) is 77.9 Å². The average molecular weight is 550 g/mol. The van der Waals surface area contributed by atoms with Crippen molar-refractivity contribution in [3.05, 3.63) is 45.9 Å². The standard InChI is InChI=1S/C25H35N5O7S/c1-16-10-11-20(28-38(34,35)14-18-9-7-8-12-36-18)24(33)30(16)29-15-27-17(2)22(29)19(23(32)26-6)13-21(31)37-25(3,4)5/h10-11,15,18-19,28H,6-9,12-14H2,1-5H3. The summed E-state index contributed by atoms with van der Waals surface area (Å²) in [5.74, 6) is -2.74. The monoisotopic (exact) mass is 549 g/mol. The van der Waals surface area contributed by atoms with Crippen LogP contribution in [0.5, 0.6) is 0 Å². The largest absolute Gasteiger partial charge is 0.460 e. The molecule has 1 N–H and O–H groups in total. The lowest BCUT2D eigenvalue weighted by molar-refractivity contribution is -0.156. The van der Waals surface area contributed by atoms with E-state index < -0.39 is 45.1 Å². The predicted octanol–water partition coefficient (Wildman–Crippen LogP) is 2.33. The molecule has 12 nitrogen and oxygen atoms in total. The van der Waals surface area contributed by atoms with Gasteiger partial charge in [0.15, 0.2) is 0 Å². The third-order valence-electron chi connectivity index (χ3n) is 5.96. The molecule has 0 radical (unpaired) electrons. The van der Waals surface area contributed by atoms with Crippen LogP contribution in [0.1, 0.15) is 69.5 Å². The maximum atomic E-state index is 13.5. The molecule has 208 valence electrons. The van der Waals surface area contributed by atoms with Gasteiger partial charge in [0.1, 0.15) is 17.6 Å². The number of pyridine rings is 1. The molecule has 2 atom stereocenters. The van der Waals surface area contributed by atoms with Crippen LogP contribution in [-0.4, -0.2) is 65.4 Å². The third-order valence-corrected chi connectivity index (χ3v) is 7.30. The molecule has 0 bridgehead atoms. The van der Waals surface area contributed by atoms with Crippen LogP contribution in [0.15, 0.2) is 28.2 Å². The first-order chi connectivity index (χ1) is 17.7. The van der Waals surface area contributed by atoms with E-state index in [9.17, 15) is 22.8 Å². The highest BCUT2D eigenvalue weighted by Crippen LogP contribution is 2.27. The highest BCUT2D eigenvalue weighted by Gasteiger charge is 2.32. The van der Waals surface area contributed by atoms with E-state index in [1.165, 1.54) is 21.7 Å². The van der Waals surface area contributed by atoms with Gasteiger partial charge in [-0.05, 0) is 72.7 Å². The molecule has 1 aliphatic heterocycles. The topological polar surface area (TPSA) is 151 Å². The number of aromatic nitrogens is 3. The van der Waals surface area contributed by atoms with Crippen LogP contribution in [0.3, 0.4) is 0 Å². The zero-order chi connectivity index (χ0) is 28.3. The van der Waals surface area contributed by atoms with Gasteiger partial charge < -0.3 is 9.47 Å². The molecule has 13 heteroatoms. The number of nitrogens with one attached hydrogen (secondary N) is 1. The summed E-state index contributed by atoms with van der Waals surface area (Å²) in [4.78, 5) is 46.7. The molecule has 0 aromatic carbocycles. The van der Waals surface area contributed by atoms with Crippen LogP contribution in [0, 0.1) is 13.8 Å². The van der Waals surface area contributed by atoms with E-state index >= 15 is 0 Å². The molecule has 3 heterocycles. The van der Waals surface area contributed by atoms with Crippen molar-refractivity contribution in [1.29, 1.82) is 0 Å². The number of carbonyl (C=O) groups excluding carboxylic acids is 2. The van der Waals surface area contributed by atoms with Crippen molar-refractivity contribution in [1.82, 2.24) is 14.3 Å². The fourth-order valence-electron chi connectivity index (χ4n) is 4.33. The number of aryl methyl sites for hydroxylation is 2. The van der Waals surface area contributed by atoms with Crippen molar-refractivity contribution in [2.75, 3.05) is 17.1 Å². The first-order valence-electron chi connectivity index (χ1n) is 12.3. The van der Waals surface area contributed by atoms with Crippen LogP contribution in [0.4, 0.5) is 5.69 Å². The van der Waals surface area contributed by atoms with Crippen LogP contribution >= 0.6 is 0 Å². The summed E-state index contributed by atoms with van der Waals surface area (Å²) in [6.45, 7) is 12.2. The Morgan fingerprint density at radius 3 is 2.61 bits per heavy atom. The van der Waals surface area contributed by atoms with Crippen LogP contribution in [0.2, 0.25) is 0 Å².